The predicted molar refractivity (Wildman–Crippen MR) is 277 cm³/mol. The number of carbonyl (C=O) groups is 7. The second-order valence-corrected chi connectivity index (χ2v) is 20.3. The van der Waals surface area contributed by atoms with Crippen molar-refractivity contribution < 1.29 is 43.4 Å². The summed E-state index contributed by atoms with van der Waals surface area (Å²) in [5.41, 5.74) is 10.1. The number of hydrogen-bond acceptors (Lipinski definition) is 10. The maximum Gasteiger partial charge on any atom is 0.345 e. The lowest BCUT2D eigenvalue weighted by Crippen LogP contribution is -2.60. The van der Waals surface area contributed by atoms with Crippen LogP contribution in [0.4, 0.5) is 0 Å². The molecular weight excluding hydrogens is 903 g/mol. The smallest absolute Gasteiger partial charge is 0.345 e. The van der Waals surface area contributed by atoms with Crippen LogP contribution in [0.25, 0.3) is 10.9 Å². The molecule has 5 amide bonds. The summed E-state index contributed by atoms with van der Waals surface area (Å²) in [5, 5.41) is 25.3. The number of nitrogens with zero attached hydrogens (tertiary/aromatic N) is 5. The monoisotopic (exact) mass is 983 g/mol. The fourth-order valence-corrected chi connectivity index (χ4v) is 8.55. The van der Waals surface area contributed by atoms with Crippen molar-refractivity contribution in [3.63, 3.8) is 0 Å². The lowest BCUT2D eigenvalue weighted by molar-refractivity contribution is -0.169. The van der Waals surface area contributed by atoms with Gasteiger partial charge in [0.05, 0.1) is 12.1 Å². The molecule has 17 nitrogen and oxygen atoms in total. The molecule has 0 spiro atoms. The molecule has 1 aromatic heterocycles. The van der Waals surface area contributed by atoms with E-state index in [1.807, 2.05) is 105 Å². The van der Waals surface area contributed by atoms with Crippen molar-refractivity contribution in [2.45, 2.75) is 162 Å². The van der Waals surface area contributed by atoms with Gasteiger partial charge in [-0.2, -0.15) is 5.26 Å². The van der Waals surface area contributed by atoms with Gasteiger partial charge in [-0.15, -0.1) is 0 Å². The Hall–Kier alpha value is -6.22. The largest absolute Gasteiger partial charge is 0.479 e. The Balaban J connectivity index is 2.12. The highest BCUT2D eigenvalue weighted by molar-refractivity contribution is 6.32. The summed E-state index contributed by atoms with van der Waals surface area (Å²) >= 11 is 0. The summed E-state index contributed by atoms with van der Waals surface area (Å²) in [7, 11) is 6.43. The number of nitriles is 1. The maximum atomic E-state index is 15.1. The molecule has 0 fully saturated rings. The van der Waals surface area contributed by atoms with Crippen molar-refractivity contribution in [3.05, 3.63) is 65.9 Å². The third-order valence-corrected chi connectivity index (χ3v) is 12.8. The predicted octanol–water partition coefficient (Wildman–Crippen LogP) is 3.92. The van der Waals surface area contributed by atoms with E-state index in [0.717, 1.165) is 45.2 Å². The highest BCUT2D eigenvalue weighted by Gasteiger charge is 2.39. The van der Waals surface area contributed by atoms with Gasteiger partial charge in [-0.25, -0.2) is 9.59 Å². The standard InChI is InChI=1S/C53H79BN8O9/c1-12-13-18-40(56)49(65)60(10)44(28-34(6)7)47(63)58-42(27-33(4)5)51(67)61(11)45(29-37-31-62(43-19-15-14-17-39(37)43)30-36-21-23-38(54)24-22-36)48(64)57-41(26-32(2)3)50(66)59(9)35(8)53(70)71-46(52(68)69)20-16-25-55/h14-15,17,19,21-24,31-35,40-42,44-46H,12-13,16,18,20,26-30,54,56H2,1-11H3,(H,57,64)(H,58,63)(H,68,69)/t35-,40-,41-,42-,44-,45?,46+/m0/s1. The molecule has 3 rings (SSSR count). The van der Waals surface area contributed by atoms with Crippen LogP contribution in [0, 0.1) is 29.1 Å². The maximum absolute atomic E-state index is 15.1. The molecule has 388 valence electrons. The van der Waals surface area contributed by atoms with E-state index in [-0.39, 0.29) is 55.8 Å². The van der Waals surface area contributed by atoms with E-state index in [1.165, 1.54) is 30.8 Å². The van der Waals surface area contributed by atoms with E-state index in [9.17, 15) is 29.1 Å². The number of amides is 5. The van der Waals surface area contributed by atoms with Crippen molar-refractivity contribution in [2.24, 2.45) is 23.5 Å². The van der Waals surface area contributed by atoms with Crippen LogP contribution in [-0.4, -0.2) is 137 Å². The first kappa shape index (κ1) is 59.1. The van der Waals surface area contributed by atoms with E-state index in [1.54, 1.807) is 7.05 Å². The zero-order valence-electron chi connectivity index (χ0n) is 44.1. The Morgan fingerprint density at radius 3 is 1.83 bits per heavy atom. The molecule has 0 radical (unpaired) electrons. The van der Waals surface area contributed by atoms with Gasteiger partial charge in [0.1, 0.15) is 38.1 Å². The van der Waals surface area contributed by atoms with E-state index in [0.29, 0.717) is 19.4 Å². The number of para-hydroxylation sites is 1. The minimum absolute atomic E-state index is 0.00111. The minimum atomic E-state index is -1.60. The van der Waals surface area contributed by atoms with E-state index < -0.39 is 77.9 Å². The summed E-state index contributed by atoms with van der Waals surface area (Å²) in [6.45, 7) is 15.3. The number of nitrogens with one attached hydrogen (secondary N) is 2. The normalized spacial score (nSPS) is 14.4. The van der Waals surface area contributed by atoms with Crippen molar-refractivity contribution >= 4 is 65.7 Å². The molecule has 0 saturated heterocycles. The number of ether oxygens (including phenoxy) is 1. The first-order chi connectivity index (χ1) is 33.4. The molecule has 0 aliphatic carbocycles. The van der Waals surface area contributed by atoms with Crippen LogP contribution in [0.5, 0.6) is 0 Å². The van der Waals surface area contributed by atoms with Crippen molar-refractivity contribution in [1.82, 2.24) is 29.9 Å². The number of carboxylic acid groups (broad SMARTS) is 1. The Bertz CT molecular complexity index is 2330. The van der Waals surface area contributed by atoms with Crippen molar-refractivity contribution in [2.75, 3.05) is 21.1 Å². The zero-order valence-corrected chi connectivity index (χ0v) is 44.1. The average molecular weight is 983 g/mol. The second-order valence-electron chi connectivity index (χ2n) is 20.3. The van der Waals surface area contributed by atoms with E-state index in [2.05, 4.69) is 27.3 Å². The van der Waals surface area contributed by atoms with Gasteiger partial charge < -0.3 is 45.5 Å². The first-order valence-electron chi connectivity index (χ1n) is 25.0. The summed E-state index contributed by atoms with van der Waals surface area (Å²) in [6.07, 6.45) is 2.66. The summed E-state index contributed by atoms with van der Waals surface area (Å²) in [6, 6.07) is 11.2. The third-order valence-electron chi connectivity index (χ3n) is 12.8. The van der Waals surface area contributed by atoms with Gasteiger partial charge in [-0.3, -0.25) is 24.0 Å². The minimum Gasteiger partial charge on any atom is -0.479 e. The lowest BCUT2D eigenvalue weighted by atomic mass is 9.95. The fraction of sp³-hybridized carbons (Fsp3) is 0.585. The van der Waals surface area contributed by atoms with Gasteiger partial charge in [-0.05, 0) is 67.6 Å². The van der Waals surface area contributed by atoms with Gasteiger partial charge in [0.2, 0.25) is 29.5 Å². The van der Waals surface area contributed by atoms with Crippen molar-refractivity contribution in [3.8, 4) is 6.07 Å². The topological polar surface area (TPSA) is 237 Å². The van der Waals surface area contributed by atoms with Gasteiger partial charge in [-0.1, -0.05) is 109 Å². The number of esters is 1. The molecule has 18 heteroatoms. The molecule has 5 N–H and O–H groups in total. The molecule has 0 saturated carbocycles. The number of rotatable bonds is 28. The average Bonchev–Trinajstić information content (AvgIpc) is 3.66. The van der Waals surface area contributed by atoms with Crippen LogP contribution in [0.15, 0.2) is 54.7 Å². The van der Waals surface area contributed by atoms with Crippen molar-refractivity contribution in [1.29, 1.82) is 5.26 Å². The second kappa shape index (κ2) is 28.0. The Morgan fingerprint density at radius 1 is 0.761 bits per heavy atom. The first-order valence-corrected chi connectivity index (χ1v) is 25.0. The Kier molecular flexibility index (Phi) is 23.3. The quantitative estimate of drug-likeness (QED) is 0.0601. The number of benzene rings is 2. The van der Waals surface area contributed by atoms with E-state index in [4.69, 9.17) is 15.7 Å². The van der Waals surface area contributed by atoms with Gasteiger partial charge in [0.25, 0.3) is 0 Å². The molecule has 2 aromatic carbocycles. The molecule has 1 unspecified atom stereocenters. The fourth-order valence-electron chi connectivity index (χ4n) is 8.55. The van der Waals surface area contributed by atoms with Gasteiger partial charge >= 0.3 is 11.9 Å². The number of likely N-dealkylation sites (N-methyl/N-ethyl adjacent to an activating group) is 3. The molecule has 0 aliphatic heterocycles. The molecule has 3 aromatic rings. The van der Waals surface area contributed by atoms with Gasteiger partial charge in [0.15, 0.2) is 6.10 Å². The van der Waals surface area contributed by atoms with Crippen LogP contribution in [0.1, 0.15) is 118 Å². The van der Waals surface area contributed by atoms with Gasteiger partial charge in [0, 0.05) is 64.1 Å². The lowest BCUT2D eigenvalue weighted by Gasteiger charge is -2.35. The molecular formula is C53H79BN8O9. The highest BCUT2D eigenvalue weighted by Crippen LogP contribution is 2.26. The summed E-state index contributed by atoms with van der Waals surface area (Å²) in [4.78, 5) is 101. The Morgan fingerprint density at radius 2 is 1.30 bits per heavy atom. The van der Waals surface area contributed by atoms with Crippen LogP contribution in [0.2, 0.25) is 0 Å². The highest BCUT2D eigenvalue weighted by atomic mass is 16.6. The number of carboxylic acids is 1. The number of aromatic nitrogens is 1. The molecule has 71 heavy (non-hydrogen) atoms. The molecule has 0 bridgehead atoms. The SMILES string of the molecule is Bc1ccc(Cn2cc(CC(C(=O)N[C@@H](CC(C)C)C(=O)N(C)[C@@H](C)C(=O)O[C@H](CCC#N)C(=O)O)N(C)C(=O)[C@H](CC(C)C)NC(=O)[C@H](CC(C)C)N(C)C(=O)[C@@H](N)CCCC)c3ccccc32)cc1. The molecule has 1 heterocycles. The van der Waals surface area contributed by atoms with Crippen LogP contribution < -0.4 is 21.8 Å². The third kappa shape index (κ3) is 17.3. The number of unbranched alkanes of at least 4 members (excludes halogenated alkanes) is 1. The summed E-state index contributed by atoms with van der Waals surface area (Å²) in [5.74, 6) is -5.45. The number of hydrogen-bond donors (Lipinski definition) is 4. The summed E-state index contributed by atoms with van der Waals surface area (Å²) < 4.78 is 7.31. The molecule has 0 aliphatic rings. The number of aliphatic carboxylic acids is 1. The molecule has 7 atom stereocenters. The van der Waals surface area contributed by atoms with E-state index >= 15 is 9.59 Å². The number of carbonyl (C=O) groups excluding carboxylic acids is 6. The number of fused-ring (bicyclic) bond motifs is 1. The Labute approximate surface area is 421 Å². The zero-order chi connectivity index (χ0) is 53.3. The number of nitrogens with two attached hydrogens (primary N) is 1. The van der Waals surface area contributed by atoms with Crippen LogP contribution in [0.3, 0.4) is 0 Å². The van der Waals surface area contributed by atoms with Crippen LogP contribution in [-0.2, 0) is 51.3 Å². The van der Waals surface area contributed by atoms with Crippen LogP contribution >= 0.6 is 0 Å².